The number of fused-ring (bicyclic) bond motifs is 2. The number of rotatable bonds is 5. The molecular weight excluding hydrogens is 328 g/mol. The summed E-state index contributed by atoms with van der Waals surface area (Å²) in [6.45, 7) is 1.90. The van der Waals surface area contributed by atoms with Crippen LogP contribution in [0.1, 0.15) is 31.7 Å². The minimum Gasteiger partial charge on any atom is -0.375 e. The van der Waals surface area contributed by atoms with Gasteiger partial charge in [0.1, 0.15) is 0 Å². The Bertz CT molecular complexity index is 730. The summed E-state index contributed by atoms with van der Waals surface area (Å²) in [5, 5.41) is 2.65. The van der Waals surface area contributed by atoms with Gasteiger partial charge >= 0.3 is 6.03 Å². The first-order chi connectivity index (χ1) is 11.4. The Morgan fingerprint density at radius 3 is 2.67 bits per heavy atom. The van der Waals surface area contributed by atoms with Crippen LogP contribution in [-0.4, -0.2) is 33.2 Å². The van der Waals surface area contributed by atoms with Gasteiger partial charge in [-0.05, 0) is 37.8 Å². The van der Waals surface area contributed by atoms with Crippen LogP contribution in [0.25, 0.3) is 6.08 Å². The number of hydrogen-bond acceptors (Lipinski definition) is 4. The van der Waals surface area contributed by atoms with Gasteiger partial charge in [-0.1, -0.05) is 30.3 Å². The van der Waals surface area contributed by atoms with Crippen molar-refractivity contribution in [3.63, 3.8) is 0 Å². The van der Waals surface area contributed by atoms with Crippen LogP contribution in [0.2, 0.25) is 0 Å². The van der Waals surface area contributed by atoms with Gasteiger partial charge in [0, 0.05) is 12.5 Å². The molecular formula is C17H22N2O4S. The molecule has 2 amide bonds. The Balaban J connectivity index is 1.53. The number of allylic oxidation sites excluding steroid dienone is 1. The highest BCUT2D eigenvalue weighted by atomic mass is 32.2. The SMILES string of the molecule is C/C(=C\c1ccccc1)S(=O)(=O)NC(=O)NCC1CC2CCC1O2. The summed E-state index contributed by atoms with van der Waals surface area (Å²) in [6, 6.07) is 8.40. The van der Waals surface area contributed by atoms with Gasteiger partial charge in [0.15, 0.2) is 0 Å². The average molecular weight is 350 g/mol. The molecule has 6 nitrogen and oxygen atoms in total. The lowest BCUT2D eigenvalue weighted by atomic mass is 9.89. The van der Waals surface area contributed by atoms with E-state index in [1.807, 2.05) is 18.2 Å². The topological polar surface area (TPSA) is 84.5 Å². The van der Waals surface area contributed by atoms with Crippen molar-refractivity contribution in [2.45, 2.75) is 38.4 Å². The predicted octanol–water partition coefficient (Wildman–Crippen LogP) is 2.24. The Labute approximate surface area is 142 Å². The van der Waals surface area contributed by atoms with Crippen molar-refractivity contribution in [2.75, 3.05) is 6.54 Å². The van der Waals surface area contributed by atoms with Crippen molar-refractivity contribution in [1.82, 2.24) is 10.0 Å². The molecule has 2 aliphatic heterocycles. The maximum absolute atomic E-state index is 12.2. The van der Waals surface area contributed by atoms with Crippen LogP contribution in [0.15, 0.2) is 35.2 Å². The quantitative estimate of drug-likeness (QED) is 0.853. The van der Waals surface area contributed by atoms with Crippen molar-refractivity contribution < 1.29 is 17.9 Å². The second-order valence-corrected chi connectivity index (χ2v) is 8.21. The van der Waals surface area contributed by atoms with Gasteiger partial charge in [-0.3, -0.25) is 0 Å². The van der Waals surface area contributed by atoms with Crippen LogP contribution in [0.4, 0.5) is 4.79 Å². The van der Waals surface area contributed by atoms with E-state index in [1.54, 1.807) is 12.1 Å². The molecule has 24 heavy (non-hydrogen) atoms. The molecule has 2 heterocycles. The molecule has 0 spiro atoms. The molecule has 2 bridgehead atoms. The summed E-state index contributed by atoms with van der Waals surface area (Å²) in [5.74, 6) is 0.276. The molecule has 2 fully saturated rings. The molecule has 0 saturated carbocycles. The van der Waals surface area contributed by atoms with E-state index in [1.165, 1.54) is 13.0 Å². The van der Waals surface area contributed by atoms with E-state index >= 15 is 0 Å². The summed E-state index contributed by atoms with van der Waals surface area (Å²) < 4.78 is 32.2. The van der Waals surface area contributed by atoms with Crippen LogP contribution < -0.4 is 10.0 Å². The largest absolute Gasteiger partial charge is 0.375 e. The fourth-order valence-corrected chi connectivity index (χ4v) is 4.05. The number of nitrogens with one attached hydrogen (secondary N) is 2. The van der Waals surface area contributed by atoms with Gasteiger partial charge in [-0.15, -0.1) is 0 Å². The van der Waals surface area contributed by atoms with Crippen molar-refractivity contribution in [3.05, 3.63) is 40.8 Å². The predicted molar refractivity (Wildman–Crippen MR) is 91.5 cm³/mol. The first-order valence-corrected chi connectivity index (χ1v) is 9.62. The number of urea groups is 1. The molecule has 7 heteroatoms. The number of ether oxygens (including phenoxy) is 1. The van der Waals surface area contributed by atoms with Crippen LogP contribution >= 0.6 is 0 Å². The van der Waals surface area contributed by atoms with Crippen molar-refractivity contribution in [1.29, 1.82) is 0 Å². The van der Waals surface area contributed by atoms with Crippen LogP contribution in [0.5, 0.6) is 0 Å². The lowest BCUT2D eigenvalue weighted by molar-refractivity contribution is 0.0928. The Morgan fingerprint density at radius 1 is 1.29 bits per heavy atom. The van der Waals surface area contributed by atoms with Crippen LogP contribution in [0, 0.1) is 5.92 Å². The van der Waals surface area contributed by atoms with Crippen LogP contribution in [0.3, 0.4) is 0 Å². The third-order valence-corrected chi connectivity index (χ3v) is 6.00. The molecule has 3 unspecified atom stereocenters. The second-order valence-electron chi connectivity index (χ2n) is 6.35. The summed E-state index contributed by atoms with van der Waals surface area (Å²) in [5.41, 5.74) is 0.764. The van der Waals surface area contributed by atoms with E-state index in [-0.39, 0.29) is 16.9 Å². The monoisotopic (exact) mass is 350 g/mol. The van der Waals surface area contributed by atoms with E-state index in [4.69, 9.17) is 4.74 Å². The normalized spacial score (nSPS) is 26.4. The molecule has 3 atom stereocenters. The van der Waals surface area contributed by atoms with E-state index in [0.29, 0.717) is 12.6 Å². The van der Waals surface area contributed by atoms with Crippen molar-refractivity contribution >= 4 is 22.1 Å². The molecule has 130 valence electrons. The molecule has 1 aromatic carbocycles. The second kappa shape index (κ2) is 6.94. The highest BCUT2D eigenvalue weighted by Crippen LogP contribution is 2.38. The summed E-state index contributed by atoms with van der Waals surface area (Å²) in [6.07, 6.45) is 5.08. The van der Waals surface area contributed by atoms with Crippen molar-refractivity contribution in [3.8, 4) is 0 Å². The zero-order valence-corrected chi connectivity index (χ0v) is 14.4. The molecule has 0 radical (unpaired) electrons. The highest BCUT2D eigenvalue weighted by molar-refractivity contribution is 7.94. The highest BCUT2D eigenvalue weighted by Gasteiger charge is 2.40. The first kappa shape index (κ1) is 17.0. The van der Waals surface area contributed by atoms with Gasteiger partial charge in [-0.2, -0.15) is 0 Å². The average Bonchev–Trinajstić information content (AvgIpc) is 3.16. The van der Waals surface area contributed by atoms with E-state index in [0.717, 1.165) is 24.8 Å². The zero-order chi connectivity index (χ0) is 17.2. The number of amides is 2. The molecule has 1 aromatic rings. The summed E-state index contributed by atoms with van der Waals surface area (Å²) >= 11 is 0. The van der Waals surface area contributed by atoms with E-state index in [2.05, 4.69) is 10.0 Å². The molecule has 2 N–H and O–H groups in total. The number of hydrogen-bond donors (Lipinski definition) is 2. The Kier molecular flexibility index (Phi) is 4.91. The minimum absolute atomic E-state index is 0.0899. The van der Waals surface area contributed by atoms with Gasteiger partial charge in [0.2, 0.25) is 0 Å². The third kappa shape index (κ3) is 3.96. The smallest absolute Gasteiger partial charge is 0.328 e. The van der Waals surface area contributed by atoms with E-state index < -0.39 is 16.1 Å². The number of carbonyl (C=O) groups excluding carboxylic acids is 1. The van der Waals surface area contributed by atoms with E-state index in [9.17, 15) is 13.2 Å². The number of sulfonamides is 1. The fourth-order valence-electron chi connectivity index (χ4n) is 3.28. The Morgan fingerprint density at radius 2 is 2.04 bits per heavy atom. The lowest BCUT2D eigenvalue weighted by Crippen LogP contribution is -2.42. The molecule has 2 saturated heterocycles. The Hall–Kier alpha value is -1.86. The van der Waals surface area contributed by atoms with Crippen molar-refractivity contribution in [2.24, 2.45) is 5.92 Å². The molecule has 0 aromatic heterocycles. The summed E-state index contributed by atoms with van der Waals surface area (Å²) in [7, 11) is -3.85. The minimum atomic E-state index is -3.85. The zero-order valence-electron chi connectivity index (χ0n) is 13.6. The standard InChI is InChI=1S/C17H22N2O4S/c1-12(9-13-5-3-2-4-6-13)24(21,22)19-17(20)18-11-14-10-15-7-8-16(14)23-15/h2-6,9,14-16H,7-8,10-11H2,1H3,(H2,18,19,20)/b12-9+. The lowest BCUT2D eigenvalue weighted by Gasteiger charge is -2.19. The first-order valence-electron chi connectivity index (χ1n) is 8.13. The maximum atomic E-state index is 12.2. The van der Waals surface area contributed by atoms with Gasteiger partial charge in [-0.25, -0.2) is 17.9 Å². The third-order valence-electron chi connectivity index (χ3n) is 4.58. The van der Waals surface area contributed by atoms with Gasteiger partial charge in [0.05, 0.1) is 17.1 Å². The molecule has 2 aliphatic rings. The summed E-state index contributed by atoms with van der Waals surface area (Å²) in [4.78, 5) is 12.0. The number of benzene rings is 1. The van der Waals surface area contributed by atoms with Crippen LogP contribution in [-0.2, 0) is 14.8 Å². The fraction of sp³-hybridized carbons (Fsp3) is 0.471. The van der Waals surface area contributed by atoms with Gasteiger partial charge in [0.25, 0.3) is 10.0 Å². The van der Waals surface area contributed by atoms with Gasteiger partial charge < -0.3 is 10.1 Å². The molecule has 0 aliphatic carbocycles. The number of carbonyl (C=O) groups is 1. The molecule has 3 rings (SSSR count). The maximum Gasteiger partial charge on any atom is 0.328 e.